The van der Waals surface area contributed by atoms with Gasteiger partial charge in [-0.05, 0) is 17.7 Å². The summed E-state index contributed by atoms with van der Waals surface area (Å²) in [6, 6.07) is 1.29. The van der Waals surface area contributed by atoms with Crippen molar-refractivity contribution in [2.75, 3.05) is 13.4 Å². The molecule has 0 spiro atoms. The van der Waals surface area contributed by atoms with E-state index in [4.69, 9.17) is 20.3 Å². The highest BCUT2D eigenvalue weighted by Crippen LogP contribution is 2.41. The Bertz CT molecular complexity index is 447. The van der Waals surface area contributed by atoms with Crippen LogP contribution in [0, 0.1) is 0 Å². The van der Waals surface area contributed by atoms with Crippen molar-refractivity contribution in [3.05, 3.63) is 22.2 Å². The molecule has 0 saturated carbocycles. The molecule has 1 atom stereocenters. The average molecular weight is 347 g/mol. The summed E-state index contributed by atoms with van der Waals surface area (Å²) < 4.78 is 37.2. The first-order valence-electron chi connectivity index (χ1n) is 4.79. The second-order valence-corrected chi connectivity index (χ2v) is 4.48. The summed E-state index contributed by atoms with van der Waals surface area (Å²) in [6.45, 7) is -1.26. The first kappa shape index (κ1) is 15.4. The van der Waals surface area contributed by atoms with E-state index >= 15 is 0 Å². The first-order valence-corrected chi connectivity index (χ1v) is 5.58. The molecule has 1 aromatic carbocycles. The summed E-state index contributed by atoms with van der Waals surface area (Å²) in [5.41, 5.74) is 5.60. The number of aliphatic hydroxyl groups is 1. The van der Waals surface area contributed by atoms with Gasteiger partial charge >= 0.3 is 0 Å². The summed E-state index contributed by atoms with van der Waals surface area (Å²) in [4.78, 5) is 0. The smallest absolute Gasteiger partial charge is 0.289 e. The van der Waals surface area contributed by atoms with Crippen LogP contribution < -0.4 is 15.2 Å². The van der Waals surface area contributed by atoms with E-state index in [1.165, 1.54) is 12.1 Å². The van der Waals surface area contributed by atoms with E-state index in [0.29, 0.717) is 16.0 Å². The van der Waals surface area contributed by atoms with Gasteiger partial charge in [0.25, 0.3) is 5.92 Å². The van der Waals surface area contributed by atoms with Gasteiger partial charge in [0.05, 0.1) is 6.04 Å². The maximum absolute atomic E-state index is 13.3. The minimum atomic E-state index is -3.39. The second-order valence-electron chi connectivity index (χ2n) is 3.62. The number of hydrogen-bond acceptors (Lipinski definition) is 4. The third-order valence-electron chi connectivity index (χ3n) is 2.49. The number of alkyl halides is 2. The van der Waals surface area contributed by atoms with Crippen molar-refractivity contribution in [3.63, 3.8) is 0 Å². The van der Waals surface area contributed by atoms with Crippen LogP contribution in [-0.4, -0.2) is 24.4 Å². The Hall–Kier alpha value is -0.630. The van der Waals surface area contributed by atoms with Crippen LogP contribution in [0.4, 0.5) is 8.78 Å². The fourth-order valence-electron chi connectivity index (χ4n) is 1.50. The van der Waals surface area contributed by atoms with Crippen LogP contribution in [0.2, 0.25) is 0 Å². The molecule has 102 valence electrons. The summed E-state index contributed by atoms with van der Waals surface area (Å²) in [5.74, 6) is -2.55. The number of ether oxygens (including phenoxy) is 2. The van der Waals surface area contributed by atoms with Gasteiger partial charge in [0.2, 0.25) is 6.79 Å². The summed E-state index contributed by atoms with van der Waals surface area (Å²) in [7, 11) is 0. The summed E-state index contributed by atoms with van der Waals surface area (Å²) >= 11 is 3.14. The van der Waals surface area contributed by atoms with Crippen molar-refractivity contribution in [2.45, 2.75) is 12.0 Å². The Balaban J connectivity index is 0.00000162. The van der Waals surface area contributed by atoms with Crippen LogP contribution in [-0.2, 0) is 0 Å². The maximum Gasteiger partial charge on any atom is 0.289 e. The largest absolute Gasteiger partial charge is 0.454 e. The molecular formula is C10H11BrClF2NO3. The molecule has 0 unspecified atom stereocenters. The van der Waals surface area contributed by atoms with E-state index in [1.807, 2.05) is 0 Å². The fourth-order valence-corrected chi connectivity index (χ4v) is 2.07. The minimum Gasteiger partial charge on any atom is -0.454 e. The Morgan fingerprint density at radius 2 is 1.94 bits per heavy atom. The lowest BCUT2D eigenvalue weighted by molar-refractivity contribution is -0.0713. The highest BCUT2D eigenvalue weighted by atomic mass is 79.9. The molecule has 8 heteroatoms. The zero-order valence-corrected chi connectivity index (χ0v) is 11.4. The number of fused-ring (bicyclic) bond motifs is 1. The Morgan fingerprint density at radius 1 is 1.39 bits per heavy atom. The van der Waals surface area contributed by atoms with Gasteiger partial charge in [-0.2, -0.15) is 0 Å². The first-order chi connectivity index (χ1) is 7.95. The van der Waals surface area contributed by atoms with Crippen LogP contribution in [0.3, 0.4) is 0 Å². The highest BCUT2D eigenvalue weighted by Gasteiger charge is 2.39. The van der Waals surface area contributed by atoms with E-state index in [9.17, 15) is 8.78 Å². The van der Waals surface area contributed by atoms with Crippen molar-refractivity contribution >= 4 is 28.3 Å². The van der Waals surface area contributed by atoms with E-state index < -0.39 is 18.6 Å². The van der Waals surface area contributed by atoms with E-state index in [1.54, 1.807) is 0 Å². The molecule has 18 heavy (non-hydrogen) atoms. The highest BCUT2D eigenvalue weighted by molar-refractivity contribution is 9.10. The fraction of sp³-hybridized carbons (Fsp3) is 0.400. The molecule has 0 amide bonds. The third-order valence-corrected chi connectivity index (χ3v) is 3.18. The van der Waals surface area contributed by atoms with Gasteiger partial charge < -0.3 is 20.3 Å². The molecule has 0 bridgehead atoms. The molecule has 1 aliphatic heterocycles. The topological polar surface area (TPSA) is 64.7 Å². The van der Waals surface area contributed by atoms with E-state index in [2.05, 4.69) is 15.9 Å². The van der Waals surface area contributed by atoms with Crippen LogP contribution in [0.5, 0.6) is 11.5 Å². The van der Waals surface area contributed by atoms with Crippen LogP contribution >= 0.6 is 28.3 Å². The lowest BCUT2D eigenvalue weighted by Gasteiger charge is -2.22. The van der Waals surface area contributed by atoms with Crippen LogP contribution in [0.15, 0.2) is 16.6 Å². The van der Waals surface area contributed by atoms with Gasteiger partial charge in [-0.3, -0.25) is 0 Å². The van der Waals surface area contributed by atoms with Crippen molar-refractivity contribution < 1.29 is 23.4 Å². The van der Waals surface area contributed by atoms with Crippen molar-refractivity contribution in [1.29, 1.82) is 0 Å². The van der Waals surface area contributed by atoms with Crippen LogP contribution in [0.25, 0.3) is 0 Å². The molecule has 2 rings (SSSR count). The molecule has 0 aliphatic carbocycles. The summed E-state index contributed by atoms with van der Waals surface area (Å²) in [6.07, 6.45) is 0. The predicted molar refractivity (Wildman–Crippen MR) is 66.5 cm³/mol. The molecule has 1 aliphatic rings. The molecule has 3 N–H and O–H groups in total. The monoisotopic (exact) mass is 345 g/mol. The third kappa shape index (κ3) is 2.69. The number of nitrogens with two attached hydrogens (primary N) is 1. The number of aliphatic hydroxyl groups excluding tert-OH is 1. The van der Waals surface area contributed by atoms with Crippen molar-refractivity contribution in [1.82, 2.24) is 0 Å². The van der Waals surface area contributed by atoms with Gasteiger partial charge in [-0.25, -0.2) is 8.78 Å². The van der Waals surface area contributed by atoms with Crippen molar-refractivity contribution in [2.24, 2.45) is 5.73 Å². The minimum absolute atomic E-state index is 0. The second kappa shape index (κ2) is 5.56. The Morgan fingerprint density at radius 3 is 2.50 bits per heavy atom. The number of halogens is 4. The lowest BCUT2D eigenvalue weighted by atomic mass is 10.0. The molecule has 1 aromatic rings. The summed E-state index contributed by atoms with van der Waals surface area (Å²) in [5, 5.41) is 8.61. The number of benzene rings is 1. The zero-order valence-electron chi connectivity index (χ0n) is 9.03. The van der Waals surface area contributed by atoms with Gasteiger partial charge in [0.1, 0.15) is 6.61 Å². The SMILES string of the molecule is Cl.N[C@H](c1cc2c(cc1Br)OCO2)C(F)(F)CO. The standard InChI is InChI=1S/C10H10BrF2NO3.ClH/c11-6-2-8-7(16-4-17-8)1-5(6)9(14)10(12,13)3-15;/h1-2,9,15H,3-4,14H2;1H/t9-;/m1./s1. The lowest BCUT2D eigenvalue weighted by Crippen LogP contribution is -2.36. The van der Waals surface area contributed by atoms with E-state index in [0.717, 1.165) is 0 Å². The molecule has 4 nitrogen and oxygen atoms in total. The Labute approximate surface area is 117 Å². The molecule has 0 fully saturated rings. The average Bonchev–Trinajstić information content (AvgIpc) is 2.73. The van der Waals surface area contributed by atoms with Crippen molar-refractivity contribution in [3.8, 4) is 11.5 Å². The normalized spacial score (nSPS) is 15.2. The quantitative estimate of drug-likeness (QED) is 0.881. The van der Waals surface area contributed by atoms with Crippen LogP contribution in [0.1, 0.15) is 11.6 Å². The number of hydrogen-bond donors (Lipinski definition) is 2. The molecular weight excluding hydrogens is 335 g/mol. The van der Waals surface area contributed by atoms with E-state index in [-0.39, 0.29) is 24.8 Å². The zero-order chi connectivity index (χ0) is 12.6. The van der Waals surface area contributed by atoms with Gasteiger partial charge in [-0.15, -0.1) is 12.4 Å². The molecule has 1 heterocycles. The molecule has 0 aromatic heterocycles. The molecule has 0 radical (unpaired) electrons. The number of rotatable bonds is 3. The maximum atomic E-state index is 13.3. The van der Waals surface area contributed by atoms with Gasteiger partial charge in [-0.1, -0.05) is 15.9 Å². The Kier molecular flexibility index (Phi) is 4.77. The molecule has 0 saturated heterocycles. The van der Waals surface area contributed by atoms with Gasteiger partial charge in [0.15, 0.2) is 11.5 Å². The van der Waals surface area contributed by atoms with Gasteiger partial charge in [0, 0.05) is 4.47 Å². The predicted octanol–water partition coefficient (Wildman–Crippen LogP) is 2.23.